The summed E-state index contributed by atoms with van der Waals surface area (Å²) in [6.45, 7) is 1.56. The minimum absolute atomic E-state index is 0.0289. The van der Waals surface area contributed by atoms with Crippen molar-refractivity contribution in [1.82, 2.24) is 0 Å². The Balaban J connectivity index is 1.99. The maximum absolute atomic E-state index is 12.8. The standard InChI is InChI=1S/C24H32O12S2/c1-7-23(36-38(27,28)29)35-19-13-22(37(6,25)26)15(12-18(19)30-2)17-9-8-16(34-17)14-10-20(31-3)24(33-5)21(11-14)32-4/h10-13,16-17,23H,7-9H2,1-6H3,(H,27,28,29)/t16-,17-,23?/m0/s1. The first-order valence-corrected chi connectivity index (χ1v) is 14.8. The molecule has 1 heterocycles. The summed E-state index contributed by atoms with van der Waals surface area (Å²) >= 11 is 0. The highest BCUT2D eigenvalue weighted by Gasteiger charge is 2.34. The van der Waals surface area contributed by atoms with Crippen molar-refractivity contribution in [2.45, 2.75) is 49.6 Å². The molecule has 212 valence electrons. The topological polar surface area (TPSA) is 153 Å². The van der Waals surface area contributed by atoms with Gasteiger partial charge in [-0.15, -0.1) is 0 Å². The molecule has 0 radical (unpaired) electrons. The number of sulfone groups is 1. The zero-order valence-electron chi connectivity index (χ0n) is 21.9. The van der Waals surface area contributed by atoms with Crippen molar-refractivity contribution in [3.05, 3.63) is 35.4 Å². The van der Waals surface area contributed by atoms with Crippen molar-refractivity contribution in [3.8, 4) is 28.7 Å². The first kappa shape index (κ1) is 29.8. The van der Waals surface area contributed by atoms with E-state index in [1.807, 2.05) is 0 Å². The van der Waals surface area contributed by atoms with Gasteiger partial charge in [-0.25, -0.2) is 12.6 Å². The summed E-state index contributed by atoms with van der Waals surface area (Å²) in [7, 11) is -2.72. The van der Waals surface area contributed by atoms with Crippen LogP contribution in [0.3, 0.4) is 0 Å². The Hall–Kier alpha value is -2.78. The van der Waals surface area contributed by atoms with Crippen LogP contribution in [-0.4, -0.2) is 62.4 Å². The molecular weight excluding hydrogens is 544 g/mol. The average Bonchev–Trinajstić information content (AvgIpc) is 3.35. The number of rotatable bonds is 12. The summed E-state index contributed by atoms with van der Waals surface area (Å²) in [5, 5.41) is 0. The molecule has 0 spiro atoms. The van der Waals surface area contributed by atoms with Crippen molar-refractivity contribution in [2.75, 3.05) is 34.7 Å². The summed E-state index contributed by atoms with van der Waals surface area (Å²) in [6, 6.07) is 6.27. The normalized spacial score (nSPS) is 18.6. The second kappa shape index (κ2) is 11.9. The van der Waals surface area contributed by atoms with Gasteiger partial charge in [-0.05, 0) is 36.6 Å². The van der Waals surface area contributed by atoms with Crippen LogP contribution in [-0.2, 0) is 29.2 Å². The van der Waals surface area contributed by atoms with E-state index in [2.05, 4.69) is 4.18 Å². The van der Waals surface area contributed by atoms with Crippen LogP contribution in [0.1, 0.15) is 49.5 Å². The smallest absolute Gasteiger partial charge is 0.400 e. The first-order valence-electron chi connectivity index (χ1n) is 11.5. The van der Waals surface area contributed by atoms with Gasteiger partial charge in [-0.1, -0.05) is 6.92 Å². The quantitative estimate of drug-likeness (QED) is 0.290. The number of methoxy groups -OCH3 is 4. The van der Waals surface area contributed by atoms with Gasteiger partial charge in [0.2, 0.25) is 12.0 Å². The Morgan fingerprint density at radius 3 is 1.92 bits per heavy atom. The van der Waals surface area contributed by atoms with Crippen molar-refractivity contribution >= 4 is 20.2 Å². The number of hydrogen-bond acceptors (Lipinski definition) is 11. The molecule has 1 aliphatic rings. The summed E-state index contributed by atoms with van der Waals surface area (Å²) in [5.74, 6) is 1.42. The van der Waals surface area contributed by atoms with Gasteiger partial charge in [0.1, 0.15) is 0 Å². The van der Waals surface area contributed by atoms with Crippen LogP contribution < -0.4 is 23.7 Å². The zero-order chi connectivity index (χ0) is 28.3. The molecule has 0 aliphatic carbocycles. The fraction of sp³-hybridized carbons (Fsp3) is 0.500. The molecule has 1 unspecified atom stereocenters. The highest BCUT2D eigenvalue weighted by atomic mass is 32.3. The van der Waals surface area contributed by atoms with Crippen molar-refractivity contribution < 1.29 is 54.0 Å². The third-order valence-corrected chi connectivity index (χ3v) is 7.55. The molecule has 2 aromatic rings. The molecule has 0 bridgehead atoms. The Bertz CT molecular complexity index is 1330. The second-order valence-electron chi connectivity index (χ2n) is 8.44. The number of hydrogen-bond donors (Lipinski definition) is 1. The van der Waals surface area contributed by atoms with E-state index in [1.54, 1.807) is 19.1 Å². The van der Waals surface area contributed by atoms with Crippen LogP contribution >= 0.6 is 0 Å². The van der Waals surface area contributed by atoms with Gasteiger partial charge in [0.15, 0.2) is 32.8 Å². The maximum Gasteiger partial charge on any atom is 0.400 e. The lowest BCUT2D eigenvalue weighted by Crippen LogP contribution is -2.23. The monoisotopic (exact) mass is 576 g/mol. The van der Waals surface area contributed by atoms with E-state index in [9.17, 15) is 16.8 Å². The predicted octanol–water partition coefficient (Wildman–Crippen LogP) is 3.65. The van der Waals surface area contributed by atoms with E-state index in [0.29, 0.717) is 35.7 Å². The van der Waals surface area contributed by atoms with Crippen LogP contribution in [0.25, 0.3) is 0 Å². The Kier molecular flexibility index (Phi) is 9.36. The average molecular weight is 577 g/mol. The first-order chi connectivity index (χ1) is 17.8. The van der Waals surface area contributed by atoms with E-state index >= 15 is 0 Å². The molecule has 14 heteroatoms. The molecule has 38 heavy (non-hydrogen) atoms. The maximum atomic E-state index is 12.8. The molecule has 1 N–H and O–H groups in total. The Morgan fingerprint density at radius 1 is 0.868 bits per heavy atom. The van der Waals surface area contributed by atoms with Gasteiger partial charge in [0, 0.05) is 24.3 Å². The molecule has 12 nitrogen and oxygen atoms in total. The fourth-order valence-corrected chi connectivity index (χ4v) is 5.61. The van der Waals surface area contributed by atoms with E-state index in [1.165, 1.54) is 40.6 Å². The highest BCUT2D eigenvalue weighted by Crippen LogP contribution is 2.48. The third-order valence-electron chi connectivity index (χ3n) is 5.94. The van der Waals surface area contributed by atoms with Gasteiger partial charge < -0.3 is 28.4 Å². The Labute approximate surface area is 222 Å². The van der Waals surface area contributed by atoms with Crippen molar-refractivity contribution in [3.63, 3.8) is 0 Å². The molecule has 0 saturated carbocycles. The van der Waals surface area contributed by atoms with Crippen LogP contribution in [0.4, 0.5) is 0 Å². The van der Waals surface area contributed by atoms with Gasteiger partial charge in [0.05, 0.1) is 45.5 Å². The molecule has 1 fully saturated rings. The number of ether oxygens (including phenoxy) is 6. The van der Waals surface area contributed by atoms with Crippen LogP contribution in [0.2, 0.25) is 0 Å². The summed E-state index contributed by atoms with van der Waals surface area (Å²) in [6.07, 6.45) is -0.271. The largest absolute Gasteiger partial charge is 0.493 e. The summed E-state index contributed by atoms with van der Waals surface area (Å²) in [5.41, 5.74) is 1.12. The van der Waals surface area contributed by atoms with Crippen molar-refractivity contribution in [1.29, 1.82) is 0 Å². The lowest BCUT2D eigenvalue weighted by atomic mass is 10.0. The van der Waals surface area contributed by atoms with E-state index in [-0.39, 0.29) is 22.8 Å². The fourth-order valence-electron chi connectivity index (χ4n) is 4.23. The SMILES string of the molecule is CCC(Oc1cc(S(C)(=O)=O)c([C@@H]2CC[C@@H](c3cc(OC)c(OC)c(OC)c3)O2)cc1OC)OS(=O)(=O)O. The highest BCUT2D eigenvalue weighted by molar-refractivity contribution is 7.90. The van der Waals surface area contributed by atoms with Crippen molar-refractivity contribution in [2.24, 2.45) is 0 Å². The van der Waals surface area contributed by atoms with E-state index in [4.69, 9.17) is 33.0 Å². The molecule has 3 atom stereocenters. The van der Waals surface area contributed by atoms with Gasteiger partial charge in [0.25, 0.3) is 0 Å². The summed E-state index contributed by atoms with van der Waals surface area (Å²) in [4.78, 5) is -0.0782. The minimum atomic E-state index is -4.81. The van der Waals surface area contributed by atoms with Gasteiger partial charge >= 0.3 is 10.4 Å². The molecule has 2 aromatic carbocycles. The predicted molar refractivity (Wildman–Crippen MR) is 135 cm³/mol. The third kappa shape index (κ3) is 6.80. The van der Waals surface area contributed by atoms with Crippen LogP contribution in [0.5, 0.6) is 28.7 Å². The van der Waals surface area contributed by atoms with Crippen LogP contribution in [0, 0.1) is 0 Å². The molecular formula is C24H32O12S2. The van der Waals surface area contributed by atoms with Crippen LogP contribution in [0.15, 0.2) is 29.2 Å². The van der Waals surface area contributed by atoms with Gasteiger partial charge in [-0.2, -0.15) is 8.42 Å². The lowest BCUT2D eigenvalue weighted by molar-refractivity contribution is -0.00171. The van der Waals surface area contributed by atoms with E-state index in [0.717, 1.165) is 11.8 Å². The zero-order valence-corrected chi connectivity index (χ0v) is 23.6. The molecule has 0 amide bonds. The van der Waals surface area contributed by atoms with E-state index < -0.39 is 38.7 Å². The molecule has 0 aromatic heterocycles. The minimum Gasteiger partial charge on any atom is -0.493 e. The second-order valence-corrected chi connectivity index (χ2v) is 11.5. The number of benzene rings is 2. The molecule has 1 aliphatic heterocycles. The Morgan fingerprint density at radius 2 is 1.45 bits per heavy atom. The van der Waals surface area contributed by atoms with Gasteiger partial charge in [-0.3, -0.25) is 4.55 Å². The lowest BCUT2D eigenvalue weighted by Gasteiger charge is -2.22. The molecule has 3 rings (SSSR count). The summed E-state index contributed by atoms with van der Waals surface area (Å²) < 4.78 is 94.9. The molecule has 1 saturated heterocycles.